The maximum Gasteiger partial charge on any atom is 0.339 e. The molecule has 0 bridgehead atoms. The van der Waals surface area contributed by atoms with Crippen molar-refractivity contribution in [2.45, 2.75) is 33.8 Å². The molecule has 7 heteroatoms. The first kappa shape index (κ1) is 21.9. The second kappa shape index (κ2) is 10.3. The molecule has 0 aromatic heterocycles. The van der Waals surface area contributed by atoms with Crippen molar-refractivity contribution in [2.75, 3.05) is 18.5 Å². The highest BCUT2D eigenvalue weighted by atomic mass is 16.5. The third-order valence-electron chi connectivity index (χ3n) is 3.99. The largest absolute Gasteiger partial charge is 0.490 e. The lowest BCUT2D eigenvalue weighted by Gasteiger charge is -2.15. The molecule has 0 saturated heterocycles. The Hall–Kier alpha value is -3.35. The predicted octanol–water partition coefficient (Wildman–Crippen LogP) is 3.87. The van der Waals surface area contributed by atoms with Crippen LogP contribution in [0.5, 0.6) is 11.5 Å². The van der Waals surface area contributed by atoms with Crippen molar-refractivity contribution in [3.8, 4) is 11.5 Å². The fourth-order valence-corrected chi connectivity index (χ4v) is 2.49. The molecule has 0 aliphatic heterocycles. The summed E-state index contributed by atoms with van der Waals surface area (Å²) in [6, 6.07) is 11.2. The first-order chi connectivity index (χ1) is 13.8. The van der Waals surface area contributed by atoms with E-state index in [1.807, 2.05) is 13.8 Å². The van der Waals surface area contributed by atoms with Crippen molar-refractivity contribution in [1.82, 2.24) is 0 Å². The monoisotopic (exact) mass is 399 g/mol. The van der Waals surface area contributed by atoms with E-state index in [-0.39, 0.29) is 11.3 Å². The van der Waals surface area contributed by atoms with Crippen LogP contribution in [-0.2, 0) is 9.53 Å². The molecule has 0 fully saturated rings. The van der Waals surface area contributed by atoms with Crippen molar-refractivity contribution in [1.29, 1.82) is 0 Å². The molecule has 0 aliphatic carbocycles. The first-order valence-corrected chi connectivity index (χ1v) is 9.38. The van der Waals surface area contributed by atoms with Gasteiger partial charge in [-0.05, 0) is 70.2 Å². The molecular formula is C22H25NO6. The van der Waals surface area contributed by atoms with Gasteiger partial charge in [-0.3, -0.25) is 9.59 Å². The van der Waals surface area contributed by atoms with E-state index in [1.54, 1.807) is 36.4 Å². The maximum absolute atomic E-state index is 12.4. The molecule has 2 aromatic carbocycles. The first-order valence-electron chi connectivity index (χ1n) is 9.38. The standard InChI is InChI=1S/C22H25NO6/c1-5-27-19-12-9-17(13-20(19)28-6-2)22(26)29-15(4)21(25)23-18-10-7-16(8-11-18)14(3)24/h7-13,15H,5-6H2,1-4H3,(H,23,25)/t15-/m1/s1. The van der Waals surface area contributed by atoms with E-state index < -0.39 is 18.0 Å². The lowest BCUT2D eigenvalue weighted by Crippen LogP contribution is -2.30. The summed E-state index contributed by atoms with van der Waals surface area (Å²) >= 11 is 0. The fourth-order valence-electron chi connectivity index (χ4n) is 2.49. The summed E-state index contributed by atoms with van der Waals surface area (Å²) in [6.07, 6.45) is -1.02. The number of hydrogen-bond donors (Lipinski definition) is 1. The average Bonchev–Trinajstić information content (AvgIpc) is 2.69. The molecule has 0 saturated carbocycles. The van der Waals surface area contributed by atoms with Crippen LogP contribution in [0.4, 0.5) is 5.69 Å². The number of ketones is 1. The number of carbonyl (C=O) groups is 3. The van der Waals surface area contributed by atoms with Gasteiger partial charge in [0.2, 0.25) is 0 Å². The highest BCUT2D eigenvalue weighted by Gasteiger charge is 2.20. The van der Waals surface area contributed by atoms with Crippen molar-refractivity contribution in [3.63, 3.8) is 0 Å². The number of ether oxygens (including phenoxy) is 3. The fraction of sp³-hybridized carbons (Fsp3) is 0.318. The van der Waals surface area contributed by atoms with E-state index in [0.29, 0.717) is 36.0 Å². The zero-order chi connectivity index (χ0) is 21.4. The Morgan fingerprint density at radius 1 is 0.897 bits per heavy atom. The number of benzene rings is 2. The number of Topliss-reactive ketones (excluding diaryl/α,β-unsaturated/α-hetero) is 1. The highest BCUT2D eigenvalue weighted by Crippen LogP contribution is 2.29. The molecule has 154 valence electrons. The van der Waals surface area contributed by atoms with Gasteiger partial charge in [0.25, 0.3) is 5.91 Å². The number of rotatable bonds is 9. The lowest BCUT2D eigenvalue weighted by atomic mass is 10.1. The van der Waals surface area contributed by atoms with Crippen molar-refractivity contribution in [3.05, 3.63) is 53.6 Å². The van der Waals surface area contributed by atoms with Gasteiger partial charge in [-0.15, -0.1) is 0 Å². The number of esters is 1. The Morgan fingerprint density at radius 3 is 2.07 bits per heavy atom. The quantitative estimate of drug-likeness (QED) is 0.508. The summed E-state index contributed by atoms with van der Waals surface area (Å²) in [5, 5.41) is 2.65. The minimum Gasteiger partial charge on any atom is -0.490 e. The second-order valence-electron chi connectivity index (χ2n) is 6.20. The molecule has 1 atom stereocenters. The molecule has 2 rings (SSSR count). The minimum atomic E-state index is -1.02. The zero-order valence-electron chi connectivity index (χ0n) is 17.0. The Kier molecular flexibility index (Phi) is 7.77. The molecule has 0 radical (unpaired) electrons. The van der Waals surface area contributed by atoms with Crippen molar-refractivity contribution < 1.29 is 28.6 Å². The minimum absolute atomic E-state index is 0.0630. The van der Waals surface area contributed by atoms with Gasteiger partial charge < -0.3 is 19.5 Å². The van der Waals surface area contributed by atoms with Crippen LogP contribution < -0.4 is 14.8 Å². The summed E-state index contributed by atoms with van der Waals surface area (Å²) < 4.78 is 16.2. The van der Waals surface area contributed by atoms with E-state index in [4.69, 9.17) is 14.2 Å². The number of anilines is 1. The number of hydrogen-bond acceptors (Lipinski definition) is 6. The molecule has 29 heavy (non-hydrogen) atoms. The zero-order valence-corrected chi connectivity index (χ0v) is 17.0. The molecule has 0 aliphatic rings. The van der Waals surface area contributed by atoms with E-state index in [1.165, 1.54) is 19.9 Å². The SMILES string of the molecule is CCOc1ccc(C(=O)O[C@H](C)C(=O)Nc2ccc(C(C)=O)cc2)cc1OCC. The summed E-state index contributed by atoms with van der Waals surface area (Å²) in [7, 11) is 0. The van der Waals surface area contributed by atoms with E-state index in [9.17, 15) is 14.4 Å². The Bertz CT molecular complexity index is 875. The van der Waals surface area contributed by atoms with Gasteiger partial charge in [-0.2, -0.15) is 0 Å². The van der Waals surface area contributed by atoms with Crippen LogP contribution in [0.1, 0.15) is 48.4 Å². The van der Waals surface area contributed by atoms with E-state index >= 15 is 0 Å². The molecule has 0 spiro atoms. The van der Waals surface area contributed by atoms with Gasteiger partial charge in [-0.1, -0.05) is 0 Å². The molecular weight excluding hydrogens is 374 g/mol. The van der Waals surface area contributed by atoms with Gasteiger partial charge in [0.15, 0.2) is 23.4 Å². The normalized spacial score (nSPS) is 11.3. The molecule has 2 aromatic rings. The molecule has 0 heterocycles. The summed E-state index contributed by atoms with van der Waals surface area (Å²) in [6.45, 7) is 7.51. The third kappa shape index (κ3) is 6.07. The summed E-state index contributed by atoms with van der Waals surface area (Å²) in [5.41, 5.74) is 1.30. The number of nitrogens with one attached hydrogen (secondary N) is 1. The summed E-state index contributed by atoms with van der Waals surface area (Å²) in [5.74, 6) is -0.224. The van der Waals surface area contributed by atoms with Crippen LogP contribution in [-0.4, -0.2) is 37.0 Å². The van der Waals surface area contributed by atoms with Crippen LogP contribution in [0.25, 0.3) is 0 Å². The molecule has 1 N–H and O–H groups in total. The number of amides is 1. The predicted molar refractivity (Wildman–Crippen MR) is 109 cm³/mol. The topological polar surface area (TPSA) is 90.9 Å². The molecule has 0 unspecified atom stereocenters. The molecule has 1 amide bonds. The van der Waals surface area contributed by atoms with Crippen LogP contribution >= 0.6 is 0 Å². The van der Waals surface area contributed by atoms with Crippen LogP contribution in [0, 0.1) is 0 Å². The average molecular weight is 399 g/mol. The van der Waals surface area contributed by atoms with Gasteiger partial charge >= 0.3 is 5.97 Å². The third-order valence-corrected chi connectivity index (χ3v) is 3.99. The Morgan fingerprint density at radius 2 is 1.48 bits per heavy atom. The van der Waals surface area contributed by atoms with Crippen LogP contribution in [0.3, 0.4) is 0 Å². The maximum atomic E-state index is 12.4. The van der Waals surface area contributed by atoms with Gasteiger partial charge in [0.05, 0.1) is 18.8 Å². The van der Waals surface area contributed by atoms with E-state index in [2.05, 4.69) is 5.32 Å². The summed E-state index contributed by atoms with van der Waals surface area (Å²) in [4.78, 5) is 36.0. The van der Waals surface area contributed by atoms with Crippen LogP contribution in [0.15, 0.2) is 42.5 Å². The van der Waals surface area contributed by atoms with Gasteiger partial charge in [-0.25, -0.2) is 4.79 Å². The Balaban J connectivity index is 2.02. The van der Waals surface area contributed by atoms with Gasteiger partial charge in [0, 0.05) is 11.3 Å². The number of carbonyl (C=O) groups excluding carboxylic acids is 3. The smallest absolute Gasteiger partial charge is 0.339 e. The highest BCUT2D eigenvalue weighted by molar-refractivity contribution is 5.98. The van der Waals surface area contributed by atoms with Crippen LogP contribution in [0.2, 0.25) is 0 Å². The van der Waals surface area contributed by atoms with Gasteiger partial charge in [0.1, 0.15) is 0 Å². The second-order valence-corrected chi connectivity index (χ2v) is 6.20. The lowest BCUT2D eigenvalue weighted by molar-refractivity contribution is -0.123. The van der Waals surface area contributed by atoms with Crippen molar-refractivity contribution in [2.24, 2.45) is 0 Å². The van der Waals surface area contributed by atoms with Crippen molar-refractivity contribution >= 4 is 23.3 Å². The van der Waals surface area contributed by atoms with E-state index in [0.717, 1.165) is 0 Å². The molecule has 7 nitrogen and oxygen atoms in total. The Labute approximate surface area is 170 Å².